The quantitative estimate of drug-likeness (QED) is 0.898. The molecule has 1 N–H and O–H groups in total. The fourth-order valence-electron chi connectivity index (χ4n) is 1.96. The fourth-order valence-corrected chi connectivity index (χ4v) is 2.56. The first-order valence-electron chi connectivity index (χ1n) is 5.60. The summed E-state index contributed by atoms with van der Waals surface area (Å²) in [6.07, 6.45) is 2.56. The molecule has 1 aromatic rings. The van der Waals surface area contributed by atoms with Gasteiger partial charge in [0.1, 0.15) is 5.82 Å². The summed E-state index contributed by atoms with van der Waals surface area (Å²) in [5.41, 5.74) is 0.567. The van der Waals surface area contributed by atoms with E-state index in [0.717, 1.165) is 12.8 Å². The third kappa shape index (κ3) is 3.24. The molecule has 0 amide bonds. The summed E-state index contributed by atoms with van der Waals surface area (Å²) in [5.74, 6) is -0.434. The Bertz CT molecular complexity index is 390. The van der Waals surface area contributed by atoms with Crippen LogP contribution in [0.4, 0.5) is 10.1 Å². The van der Waals surface area contributed by atoms with Crippen LogP contribution in [0.3, 0.4) is 0 Å². The van der Waals surface area contributed by atoms with Crippen molar-refractivity contribution in [3.63, 3.8) is 0 Å². The van der Waals surface area contributed by atoms with Crippen molar-refractivity contribution < 1.29 is 9.13 Å². The van der Waals surface area contributed by atoms with Crippen LogP contribution >= 0.6 is 23.2 Å². The van der Waals surface area contributed by atoms with Crippen molar-refractivity contribution in [3.05, 3.63) is 28.0 Å². The molecule has 2 atom stereocenters. The minimum absolute atomic E-state index is 0.169. The largest absolute Gasteiger partial charge is 0.380 e. The molecule has 1 fully saturated rings. The highest BCUT2D eigenvalue weighted by molar-refractivity contribution is 6.39. The molecule has 1 heterocycles. The Morgan fingerprint density at radius 1 is 1.35 bits per heavy atom. The van der Waals surface area contributed by atoms with E-state index in [2.05, 4.69) is 12.2 Å². The van der Waals surface area contributed by atoms with E-state index in [1.165, 1.54) is 12.1 Å². The molecular weight excluding hydrogens is 264 g/mol. The molecule has 0 radical (unpaired) electrons. The van der Waals surface area contributed by atoms with Gasteiger partial charge < -0.3 is 10.1 Å². The molecule has 94 valence electrons. The second-order valence-corrected chi connectivity index (χ2v) is 5.09. The minimum atomic E-state index is -0.434. The average molecular weight is 278 g/mol. The van der Waals surface area contributed by atoms with Crippen LogP contribution in [0.25, 0.3) is 0 Å². The molecule has 2 unspecified atom stereocenters. The number of hydrogen-bond acceptors (Lipinski definition) is 2. The van der Waals surface area contributed by atoms with Crippen LogP contribution < -0.4 is 5.32 Å². The number of halogens is 3. The van der Waals surface area contributed by atoms with E-state index < -0.39 is 5.82 Å². The van der Waals surface area contributed by atoms with Gasteiger partial charge in [0, 0.05) is 6.54 Å². The highest BCUT2D eigenvalue weighted by Crippen LogP contribution is 2.31. The van der Waals surface area contributed by atoms with Crippen molar-refractivity contribution in [3.8, 4) is 0 Å². The van der Waals surface area contributed by atoms with E-state index in [0.29, 0.717) is 28.4 Å². The van der Waals surface area contributed by atoms with Gasteiger partial charge in [0.15, 0.2) is 0 Å². The van der Waals surface area contributed by atoms with Crippen molar-refractivity contribution in [2.45, 2.75) is 32.0 Å². The lowest BCUT2D eigenvalue weighted by Crippen LogP contribution is -2.20. The zero-order valence-electron chi connectivity index (χ0n) is 9.47. The van der Waals surface area contributed by atoms with E-state index in [-0.39, 0.29) is 6.10 Å². The molecular formula is C12H14Cl2FNO. The Hall–Kier alpha value is -0.510. The third-order valence-corrected chi connectivity index (χ3v) is 3.43. The topological polar surface area (TPSA) is 21.3 Å². The Kier molecular flexibility index (Phi) is 4.13. The van der Waals surface area contributed by atoms with Crippen LogP contribution in [0.5, 0.6) is 0 Å². The SMILES string of the molecule is CC1CCC(CNc2c(Cl)cc(F)cc2Cl)O1. The molecule has 1 aliphatic heterocycles. The standard InChI is InChI=1S/C12H14Cl2FNO/c1-7-2-3-9(17-7)6-16-12-10(13)4-8(15)5-11(12)14/h4-5,7,9,16H,2-3,6H2,1H3. The van der Waals surface area contributed by atoms with E-state index in [4.69, 9.17) is 27.9 Å². The monoisotopic (exact) mass is 277 g/mol. The summed E-state index contributed by atoms with van der Waals surface area (Å²) in [6.45, 7) is 2.69. The zero-order valence-corrected chi connectivity index (χ0v) is 11.0. The summed E-state index contributed by atoms with van der Waals surface area (Å²) < 4.78 is 18.6. The minimum Gasteiger partial charge on any atom is -0.380 e. The van der Waals surface area contributed by atoms with E-state index >= 15 is 0 Å². The lowest BCUT2D eigenvalue weighted by Gasteiger charge is -2.15. The summed E-state index contributed by atoms with van der Waals surface area (Å²) in [4.78, 5) is 0. The van der Waals surface area contributed by atoms with Gasteiger partial charge in [-0.3, -0.25) is 0 Å². The molecule has 1 saturated heterocycles. The fraction of sp³-hybridized carbons (Fsp3) is 0.500. The second-order valence-electron chi connectivity index (χ2n) is 4.27. The molecule has 2 nitrogen and oxygen atoms in total. The van der Waals surface area contributed by atoms with Gasteiger partial charge in [-0.25, -0.2) is 4.39 Å². The summed E-state index contributed by atoms with van der Waals surface area (Å²) >= 11 is 11.8. The highest BCUT2D eigenvalue weighted by Gasteiger charge is 2.22. The predicted octanol–water partition coefficient (Wildman–Crippen LogP) is 4.11. The Balaban J connectivity index is 1.99. The first kappa shape index (κ1) is 12.9. The number of benzene rings is 1. The predicted molar refractivity (Wildman–Crippen MR) is 68.5 cm³/mol. The maximum atomic E-state index is 13.0. The maximum Gasteiger partial charge on any atom is 0.126 e. The van der Waals surface area contributed by atoms with E-state index in [1.807, 2.05) is 0 Å². The van der Waals surface area contributed by atoms with Gasteiger partial charge in [0.25, 0.3) is 0 Å². The number of rotatable bonds is 3. The molecule has 0 bridgehead atoms. The summed E-state index contributed by atoms with van der Waals surface area (Å²) in [7, 11) is 0. The van der Waals surface area contributed by atoms with Gasteiger partial charge in [-0.15, -0.1) is 0 Å². The van der Waals surface area contributed by atoms with Gasteiger partial charge in [0.2, 0.25) is 0 Å². The zero-order chi connectivity index (χ0) is 12.4. The van der Waals surface area contributed by atoms with Gasteiger partial charge in [-0.1, -0.05) is 23.2 Å². The third-order valence-electron chi connectivity index (χ3n) is 2.83. The summed E-state index contributed by atoms with van der Waals surface area (Å²) in [6, 6.07) is 2.49. The highest BCUT2D eigenvalue weighted by atomic mass is 35.5. The van der Waals surface area contributed by atoms with Crippen LogP contribution in [0.1, 0.15) is 19.8 Å². The molecule has 1 aromatic carbocycles. The van der Waals surface area contributed by atoms with Crippen LogP contribution in [0.2, 0.25) is 10.0 Å². The molecule has 0 saturated carbocycles. The van der Waals surface area contributed by atoms with Gasteiger partial charge in [0.05, 0.1) is 27.9 Å². The Morgan fingerprint density at radius 2 is 2.00 bits per heavy atom. The van der Waals surface area contributed by atoms with Crippen molar-refractivity contribution >= 4 is 28.9 Å². The summed E-state index contributed by atoms with van der Waals surface area (Å²) in [5, 5.41) is 3.70. The number of ether oxygens (including phenoxy) is 1. The molecule has 0 spiro atoms. The van der Waals surface area contributed by atoms with E-state index in [1.54, 1.807) is 0 Å². The van der Waals surface area contributed by atoms with Crippen molar-refractivity contribution in [1.82, 2.24) is 0 Å². The maximum absolute atomic E-state index is 13.0. The Labute approximate surface area is 110 Å². The smallest absolute Gasteiger partial charge is 0.126 e. The van der Waals surface area contributed by atoms with E-state index in [9.17, 15) is 4.39 Å². The van der Waals surface area contributed by atoms with Crippen LogP contribution in [-0.2, 0) is 4.74 Å². The normalized spacial score (nSPS) is 24.0. The molecule has 1 aliphatic rings. The van der Waals surface area contributed by atoms with Crippen LogP contribution in [0, 0.1) is 5.82 Å². The molecule has 17 heavy (non-hydrogen) atoms. The number of anilines is 1. The first-order chi connectivity index (χ1) is 8.06. The lowest BCUT2D eigenvalue weighted by molar-refractivity contribution is 0.0637. The first-order valence-corrected chi connectivity index (χ1v) is 6.35. The molecule has 2 rings (SSSR count). The van der Waals surface area contributed by atoms with Crippen molar-refractivity contribution in [2.75, 3.05) is 11.9 Å². The van der Waals surface area contributed by atoms with Gasteiger partial charge in [-0.2, -0.15) is 0 Å². The lowest BCUT2D eigenvalue weighted by atomic mass is 10.2. The molecule has 5 heteroatoms. The van der Waals surface area contributed by atoms with Crippen molar-refractivity contribution in [2.24, 2.45) is 0 Å². The van der Waals surface area contributed by atoms with Gasteiger partial charge in [-0.05, 0) is 31.9 Å². The van der Waals surface area contributed by atoms with Crippen LogP contribution in [0.15, 0.2) is 12.1 Å². The van der Waals surface area contributed by atoms with Crippen molar-refractivity contribution in [1.29, 1.82) is 0 Å². The molecule has 0 aliphatic carbocycles. The second kappa shape index (κ2) is 5.42. The van der Waals surface area contributed by atoms with Gasteiger partial charge >= 0.3 is 0 Å². The molecule has 0 aromatic heterocycles. The van der Waals surface area contributed by atoms with Crippen LogP contribution in [-0.4, -0.2) is 18.8 Å². The average Bonchev–Trinajstić information content (AvgIpc) is 2.62. The Morgan fingerprint density at radius 3 is 2.53 bits per heavy atom. The number of hydrogen-bond donors (Lipinski definition) is 1. The number of nitrogens with one attached hydrogen (secondary N) is 1.